The van der Waals surface area contributed by atoms with Crippen LogP contribution in [0.1, 0.15) is 0 Å². The lowest BCUT2D eigenvalue weighted by Gasteiger charge is -2.33. The summed E-state index contributed by atoms with van der Waals surface area (Å²) in [6, 6.07) is 9.72. The Morgan fingerprint density at radius 1 is 0.929 bits per heavy atom. The van der Waals surface area contributed by atoms with Crippen LogP contribution in [-0.2, 0) is 14.8 Å². The first-order valence-corrected chi connectivity index (χ1v) is 9.94. The van der Waals surface area contributed by atoms with Gasteiger partial charge in [-0.3, -0.25) is 9.69 Å². The van der Waals surface area contributed by atoms with Gasteiger partial charge in [0.25, 0.3) is 0 Å². The van der Waals surface area contributed by atoms with E-state index < -0.39 is 39.1 Å². The molecule has 2 aromatic rings. The fourth-order valence-corrected chi connectivity index (χ4v) is 4.33. The molecule has 3 rings (SSSR count). The molecule has 6 nitrogen and oxygen atoms in total. The van der Waals surface area contributed by atoms with Crippen LogP contribution in [0.3, 0.4) is 0 Å². The predicted octanol–water partition coefficient (Wildman–Crippen LogP) is 2.05. The van der Waals surface area contributed by atoms with E-state index in [1.807, 2.05) is 0 Å². The number of rotatable bonds is 5. The molecular formula is C18H18F3N3O3S. The summed E-state index contributed by atoms with van der Waals surface area (Å²) in [5.74, 6) is -5.07. The topological polar surface area (TPSA) is 69.7 Å². The molecule has 0 saturated carbocycles. The van der Waals surface area contributed by atoms with Crippen molar-refractivity contribution in [2.45, 2.75) is 4.90 Å². The van der Waals surface area contributed by atoms with E-state index in [4.69, 9.17) is 0 Å². The molecule has 150 valence electrons. The van der Waals surface area contributed by atoms with Crippen LogP contribution in [-0.4, -0.2) is 56.3 Å². The maximum absolute atomic E-state index is 13.6. The number of piperazine rings is 1. The maximum Gasteiger partial charge on any atom is 0.243 e. The molecule has 0 atom stereocenters. The summed E-state index contributed by atoms with van der Waals surface area (Å²) < 4.78 is 66.3. The van der Waals surface area contributed by atoms with Crippen LogP contribution >= 0.6 is 0 Å². The molecular weight excluding hydrogens is 395 g/mol. The number of benzene rings is 2. The SMILES string of the molecule is O=C(CN1CCN(S(=O)(=O)c2ccccc2)CC1)Nc1ccc(F)c(F)c1F. The molecule has 1 N–H and O–H groups in total. The van der Waals surface area contributed by atoms with Crippen molar-refractivity contribution in [1.82, 2.24) is 9.21 Å². The summed E-state index contributed by atoms with van der Waals surface area (Å²) in [6.45, 7) is 0.880. The fourth-order valence-electron chi connectivity index (χ4n) is 2.88. The summed E-state index contributed by atoms with van der Waals surface area (Å²) in [7, 11) is -3.60. The molecule has 1 aliphatic heterocycles. The zero-order valence-corrected chi connectivity index (χ0v) is 15.6. The van der Waals surface area contributed by atoms with E-state index in [2.05, 4.69) is 5.32 Å². The Labute approximate surface area is 160 Å². The van der Waals surface area contributed by atoms with Crippen molar-refractivity contribution in [3.8, 4) is 0 Å². The highest BCUT2D eigenvalue weighted by molar-refractivity contribution is 7.89. The van der Waals surface area contributed by atoms with Crippen molar-refractivity contribution in [3.63, 3.8) is 0 Å². The summed E-state index contributed by atoms with van der Waals surface area (Å²) >= 11 is 0. The number of nitrogens with zero attached hydrogens (tertiary/aromatic N) is 2. The number of carbonyl (C=O) groups excluding carboxylic acids is 1. The predicted molar refractivity (Wildman–Crippen MR) is 96.6 cm³/mol. The van der Waals surface area contributed by atoms with Crippen LogP contribution in [0.2, 0.25) is 0 Å². The quantitative estimate of drug-likeness (QED) is 0.762. The largest absolute Gasteiger partial charge is 0.322 e. The Bertz CT molecular complexity index is 963. The number of amides is 1. The standard InChI is InChI=1S/C18H18F3N3O3S/c19-14-6-7-15(18(21)17(14)20)22-16(25)12-23-8-10-24(11-9-23)28(26,27)13-4-2-1-3-5-13/h1-7H,8-12H2,(H,22,25). The third-order valence-corrected chi connectivity index (χ3v) is 6.30. The third-order valence-electron chi connectivity index (χ3n) is 4.39. The van der Waals surface area contributed by atoms with E-state index in [0.29, 0.717) is 13.1 Å². The molecule has 0 radical (unpaired) electrons. The average molecular weight is 413 g/mol. The smallest absolute Gasteiger partial charge is 0.243 e. The lowest BCUT2D eigenvalue weighted by Crippen LogP contribution is -2.50. The lowest BCUT2D eigenvalue weighted by molar-refractivity contribution is -0.117. The van der Waals surface area contributed by atoms with Crippen molar-refractivity contribution < 1.29 is 26.4 Å². The van der Waals surface area contributed by atoms with E-state index in [9.17, 15) is 26.4 Å². The minimum atomic E-state index is -3.60. The highest BCUT2D eigenvalue weighted by Crippen LogP contribution is 2.20. The Hall–Kier alpha value is -2.43. The average Bonchev–Trinajstić information content (AvgIpc) is 2.69. The molecule has 1 heterocycles. The van der Waals surface area contributed by atoms with Crippen molar-refractivity contribution in [2.24, 2.45) is 0 Å². The second kappa shape index (κ2) is 8.29. The third kappa shape index (κ3) is 4.34. The first-order valence-electron chi connectivity index (χ1n) is 8.50. The Morgan fingerprint density at radius 2 is 1.57 bits per heavy atom. The number of nitrogens with one attached hydrogen (secondary N) is 1. The van der Waals surface area contributed by atoms with Gasteiger partial charge < -0.3 is 5.32 Å². The van der Waals surface area contributed by atoms with E-state index in [0.717, 1.165) is 12.1 Å². The maximum atomic E-state index is 13.6. The zero-order chi connectivity index (χ0) is 20.3. The molecule has 0 aromatic heterocycles. The number of hydrogen-bond acceptors (Lipinski definition) is 4. The molecule has 0 unspecified atom stereocenters. The Balaban J connectivity index is 1.56. The van der Waals surface area contributed by atoms with Gasteiger partial charge in [0.1, 0.15) is 0 Å². The van der Waals surface area contributed by atoms with Gasteiger partial charge in [0.2, 0.25) is 15.9 Å². The minimum absolute atomic E-state index is 0.127. The van der Waals surface area contributed by atoms with E-state index in [-0.39, 0.29) is 24.5 Å². The number of sulfonamides is 1. The minimum Gasteiger partial charge on any atom is -0.322 e. The van der Waals surface area contributed by atoms with Crippen LogP contribution < -0.4 is 5.32 Å². The van der Waals surface area contributed by atoms with Crippen LogP contribution in [0.25, 0.3) is 0 Å². The normalized spacial score (nSPS) is 16.1. The van der Waals surface area contributed by atoms with Crippen LogP contribution in [0.4, 0.5) is 18.9 Å². The van der Waals surface area contributed by atoms with Gasteiger partial charge in [-0.15, -0.1) is 0 Å². The van der Waals surface area contributed by atoms with Crippen LogP contribution in [0.15, 0.2) is 47.4 Å². The monoisotopic (exact) mass is 413 g/mol. The van der Waals surface area contributed by atoms with Gasteiger partial charge in [-0.1, -0.05) is 18.2 Å². The number of carbonyl (C=O) groups is 1. The summed E-state index contributed by atoms with van der Waals surface area (Å²) in [6.07, 6.45) is 0. The van der Waals surface area contributed by atoms with Gasteiger partial charge in [-0.25, -0.2) is 21.6 Å². The van der Waals surface area contributed by atoms with Crippen molar-refractivity contribution in [3.05, 3.63) is 59.9 Å². The van der Waals surface area contributed by atoms with E-state index in [1.165, 1.54) is 16.4 Å². The molecule has 28 heavy (non-hydrogen) atoms. The van der Waals surface area contributed by atoms with Gasteiger partial charge in [-0.05, 0) is 24.3 Å². The molecule has 10 heteroatoms. The van der Waals surface area contributed by atoms with E-state index >= 15 is 0 Å². The first kappa shape index (κ1) is 20.3. The summed E-state index contributed by atoms with van der Waals surface area (Å²) in [5.41, 5.74) is -0.450. The number of hydrogen-bond donors (Lipinski definition) is 1. The second-order valence-corrected chi connectivity index (χ2v) is 8.20. The van der Waals surface area contributed by atoms with Crippen molar-refractivity contribution >= 4 is 21.6 Å². The Kier molecular flexibility index (Phi) is 6.01. The number of anilines is 1. The summed E-state index contributed by atoms with van der Waals surface area (Å²) in [5, 5.41) is 2.20. The highest BCUT2D eigenvalue weighted by atomic mass is 32.2. The zero-order valence-electron chi connectivity index (χ0n) is 14.7. The van der Waals surface area contributed by atoms with Gasteiger partial charge in [0.15, 0.2) is 17.5 Å². The van der Waals surface area contributed by atoms with Crippen LogP contribution in [0.5, 0.6) is 0 Å². The first-order chi connectivity index (χ1) is 13.3. The van der Waals surface area contributed by atoms with Gasteiger partial charge in [0.05, 0.1) is 17.1 Å². The van der Waals surface area contributed by atoms with Crippen molar-refractivity contribution in [2.75, 3.05) is 38.0 Å². The second-order valence-electron chi connectivity index (χ2n) is 6.26. The lowest BCUT2D eigenvalue weighted by atomic mass is 10.2. The molecule has 1 aliphatic rings. The highest BCUT2D eigenvalue weighted by Gasteiger charge is 2.29. The van der Waals surface area contributed by atoms with E-state index in [1.54, 1.807) is 23.1 Å². The van der Waals surface area contributed by atoms with Gasteiger partial charge in [-0.2, -0.15) is 4.31 Å². The molecule has 0 spiro atoms. The van der Waals surface area contributed by atoms with Gasteiger partial charge >= 0.3 is 0 Å². The molecule has 2 aromatic carbocycles. The van der Waals surface area contributed by atoms with Crippen molar-refractivity contribution in [1.29, 1.82) is 0 Å². The molecule has 1 saturated heterocycles. The fraction of sp³-hybridized carbons (Fsp3) is 0.278. The van der Waals surface area contributed by atoms with Crippen LogP contribution in [0, 0.1) is 17.5 Å². The molecule has 1 amide bonds. The van der Waals surface area contributed by atoms with Gasteiger partial charge in [0, 0.05) is 26.2 Å². The Morgan fingerprint density at radius 3 is 2.21 bits per heavy atom. The molecule has 0 bridgehead atoms. The summed E-state index contributed by atoms with van der Waals surface area (Å²) in [4.78, 5) is 14.0. The molecule has 1 fully saturated rings. The molecule has 0 aliphatic carbocycles. The number of halogens is 3.